The largest absolute Gasteiger partial charge is 0.455 e. The molecule has 204 valence electrons. The molecule has 5 nitrogen and oxygen atoms in total. The molecule has 0 aliphatic carbocycles. The lowest BCUT2D eigenvalue weighted by Crippen LogP contribution is -2.02. The van der Waals surface area contributed by atoms with Crippen LogP contribution in [0.1, 0.15) is 16.7 Å². The van der Waals surface area contributed by atoms with E-state index in [1.807, 2.05) is 25.1 Å². The molecule has 3 aromatic heterocycles. The Bertz CT molecular complexity index is 2710. The third kappa shape index (κ3) is 3.10. The average Bonchev–Trinajstić information content (AvgIpc) is 3.72. The quantitative estimate of drug-likeness (QED) is 0.210. The summed E-state index contributed by atoms with van der Waals surface area (Å²) in [4.78, 5) is 0. The van der Waals surface area contributed by atoms with Gasteiger partial charge in [0.2, 0.25) is 0 Å². The van der Waals surface area contributed by atoms with Gasteiger partial charge in [0.15, 0.2) is 0 Å². The normalized spacial score (nSPS) is 11.7. The number of benzene rings is 6. The van der Waals surface area contributed by atoms with E-state index >= 15 is 0 Å². The van der Waals surface area contributed by atoms with E-state index in [-0.39, 0.29) is 0 Å². The summed E-state index contributed by atoms with van der Waals surface area (Å²) in [5.74, 6) is 0. The first kappa shape index (κ1) is 24.3. The van der Waals surface area contributed by atoms with Crippen LogP contribution in [0, 0.1) is 29.6 Å². The molecule has 5 heteroatoms. The average molecular weight is 563 g/mol. The van der Waals surface area contributed by atoms with Crippen LogP contribution < -0.4 is 0 Å². The van der Waals surface area contributed by atoms with Crippen molar-refractivity contribution in [2.75, 3.05) is 0 Å². The Morgan fingerprint density at radius 1 is 0.545 bits per heavy atom. The summed E-state index contributed by atoms with van der Waals surface area (Å²) in [6.45, 7) is 1.92. The first-order valence-corrected chi connectivity index (χ1v) is 14.5. The van der Waals surface area contributed by atoms with E-state index in [0.29, 0.717) is 16.8 Å². The van der Waals surface area contributed by atoms with E-state index < -0.39 is 0 Å². The summed E-state index contributed by atoms with van der Waals surface area (Å²) in [6, 6.07) is 44.0. The van der Waals surface area contributed by atoms with E-state index in [1.165, 1.54) is 10.8 Å². The van der Waals surface area contributed by atoms with E-state index in [4.69, 9.17) is 4.42 Å². The Morgan fingerprint density at radius 2 is 1.16 bits per heavy atom. The summed E-state index contributed by atoms with van der Waals surface area (Å²) in [7, 11) is 0. The number of furan rings is 1. The number of aromatic nitrogens is 2. The van der Waals surface area contributed by atoms with Gasteiger partial charge >= 0.3 is 0 Å². The van der Waals surface area contributed by atoms with E-state index in [0.717, 1.165) is 66.0 Å². The maximum Gasteiger partial charge on any atom is 0.145 e. The molecule has 6 aromatic carbocycles. The number of para-hydroxylation sites is 3. The summed E-state index contributed by atoms with van der Waals surface area (Å²) < 4.78 is 11.0. The van der Waals surface area contributed by atoms with Crippen LogP contribution in [-0.2, 0) is 0 Å². The van der Waals surface area contributed by atoms with E-state index in [1.54, 1.807) is 12.1 Å². The highest BCUT2D eigenvalue weighted by atomic mass is 16.3. The highest BCUT2D eigenvalue weighted by Crippen LogP contribution is 2.43. The van der Waals surface area contributed by atoms with E-state index in [2.05, 4.69) is 106 Å². The molecule has 0 N–H and O–H groups in total. The first-order valence-electron chi connectivity index (χ1n) is 14.5. The van der Waals surface area contributed by atoms with E-state index in [9.17, 15) is 10.5 Å². The summed E-state index contributed by atoms with van der Waals surface area (Å²) in [6.07, 6.45) is 0. The number of nitrogens with zero attached hydrogens (tertiary/aromatic N) is 4. The van der Waals surface area contributed by atoms with Crippen molar-refractivity contribution in [2.45, 2.75) is 6.92 Å². The van der Waals surface area contributed by atoms with Crippen LogP contribution in [-0.4, -0.2) is 9.13 Å². The zero-order valence-corrected chi connectivity index (χ0v) is 23.7. The molecule has 0 aliphatic rings. The van der Waals surface area contributed by atoms with Gasteiger partial charge < -0.3 is 13.6 Å². The highest BCUT2D eigenvalue weighted by molar-refractivity contribution is 6.24. The second-order valence-electron chi connectivity index (χ2n) is 11.2. The van der Waals surface area contributed by atoms with Gasteiger partial charge in [-0.05, 0) is 73.2 Å². The molecule has 0 atom stereocenters. The van der Waals surface area contributed by atoms with Gasteiger partial charge in [-0.2, -0.15) is 10.5 Å². The molecule has 0 bridgehead atoms. The van der Waals surface area contributed by atoms with Gasteiger partial charge in [0.1, 0.15) is 17.2 Å². The molecule has 9 aromatic rings. The molecule has 0 aliphatic heterocycles. The molecule has 3 heterocycles. The number of nitriles is 2. The Labute approximate surface area is 251 Å². The molecule has 9 rings (SSSR count). The molecule has 0 radical (unpaired) electrons. The lowest BCUT2D eigenvalue weighted by Gasteiger charge is -2.14. The maximum absolute atomic E-state index is 10.2. The van der Waals surface area contributed by atoms with Gasteiger partial charge in [0.05, 0.1) is 50.3 Å². The molecule has 0 saturated carbocycles. The topological polar surface area (TPSA) is 70.6 Å². The number of hydrogen-bond donors (Lipinski definition) is 0. The van der Waals surface area contributed by atoms with Gasteiger partial charge in [-0.15, -0.1) is 0 Å². The standard InChI is InChI=1S/C39H22N4O/c1-23-24(21-40)14-15-25(22-41)38(23)43-34-18-16-26(42-32-11-5-2-8-27(32)28-9-3-6-12-33(28)42)20-31(34)37-35(43)19-17-30-29-10-4-7-13-36(29)44-39(30)37/h2-20H,1H3. The zero-order valence-electron chi connectivity index (χ0n) is 23.7. The fourth-order valence-electron chi connectivity index (χ4n) is 7.05. The van der Waals surface area contributed by atoms with Crippen molar-refractivity contribution in [1.29, 1.82) is 10.5 Å². The summed E-state index contributed by atoms with van der Waals surface area (Å²) in [5, 5.41) is 26.6. The Kier molecular flexibility index (Phi) is 4.89. The molecule has 0 fully saturated rings. The number of hydrogen-bond acceptors (Lipinski definition) is 3. The smallest absolute Gasteiger partial charge is 0.145 e. The van der Waals surface area contributed by atoms with Crippen LogP contribution in [0.4, 0.5) is 0 Å². The second kappa shape index (κ2) is 8.85. The Balaban J connectivity index is 1.48. The lowest BCUT2D eigenvalue weighted by atomic mass is 10.0. The third-order valence-corrected chi connectivity index (χ3v) is 8.99. The summed E-state index contributed by atoms with van der Waals surface area (Å²) in [5.41, 5.74) is 9.32. The molecule has 0 spiro atoms. The molecule has 0 unspecified atom stereocenters. The lowest BCUT2D eigenvalue weighted by molar-refractivity contribution is 0.673. The van der Waals surface area contributed by atoms with Gasteiger partial charge in [0, 0.05) is 32.6 Å². The van der Waals surface area contributed by atoms with Crippen LogP contribution in [0.2, 0.25) is 0 Å². The predicted molar refractivity (Wildman–Crippen MR) is 177 cm³/mol. The van der Waals surface area contributed by atoms with Crippen LogP contribution in [0.15, 0.2) is 120 Å². The fourth-order valence-corrected chi connectivity index (χ4v) is 7.05. The second-order valence-corrected chi connectivity index (χ2v) is 11.2. The third-order valence-electron chi connectivity index (χ3n) is 8.99. The van der Waals surface area contributed by atoms with Crippen LogP contribution in [0.25, 0.3) is 76.9 Å². The van der Waals surface area contributed by atoms with Crippen molar-refractivity contribution in [2.24, 2.45) is 0 Å². The minimum atomic E-state index is 0.511. The number of rotatable bonds is 2. The van der Waals surface area contributed by atoms with Crippen molar-refractivity contribution >= 4 is 65.6 Å². The monoisotopic (exact) mass is 562 g/mol. The highest BCUT2D eigenvalue weighted by Gasteiger charge is 2.23. The van der Waals surface area contributed by atoms with Crippen LogP contribution in [0.3, 0.4) is 0 Å². The first-order chi connectivity index (χ1) is 21.7. The minimum Gasteiger partial charge on any atom is -0.455 e. The van der Waals surface area contributed by atoms with Gasteiger partial charge in [-0.1, -0.05) is 54.6 Å². The SMILES string of the molecule is Cc1c(C#N)ccc(C#N)c1-n1c2ccc(-n3c4ccccc4c4ccccc43)cc2c2c3oc4ccccc4c3ccc21. The van der Waals surface area contributed by atoms with Crippen molar-refractivity contribution in [3.63, 3.8) is 0 Å². The Morgan fingerprint density at radius 3 is 1.89 bits per heavy atom. The van der Waals surface area contributed by atoms with Gasteiger partial charge in [-0.3, -0.25) is 0 Å². The summed E-state index contributed by atoms with van der Waals surface area (Å²) >= 11 is 0. The molecular formula is C39H22N4O. The molecule has 0 saturated heterocycles. The van der Waals surface area contributed by atoms with Crippen molar-refractivity contribution in [3.05, 3.63) is 132 Å². The maximum atomic E-state index is 10.2. The number of fused-ring (bicyclic) bond motifs is 10. The predicted octanol–water partition coefficient (Wildman–Crippen LogP) is 9.83. The fraction of sp³-hybridized carbons (Fsp3) is 0.0256. The van der Waals surface area contributed by atoms with Gasteiger partial charge in [-0.25, -0.2) is 0 Å². The zero-order chi connectivity index (χ0) is 29.5. The van der Waals surface area contributed by atoms with Crippen LogP contribution >= 0.6 is 0 Å². The Hall–Kier alpha value is -6.30. The van der Waals surface area contributed by atoms with Crippen molar-refractivity contribution in [1.82, 2.24) is 9.13 Å². The minimum absolute atomic E-state index is 0.511. The van der Waals surface area contributed by atoms with Gasteiger partial charge in [0.25, 0.3) is 0 Å². The van der Waals surface area contributed by atoms with Crippen LogP contribution in [0.5, 0.6) is 0 Å². The molecule has 0 amide bonds. The van der Waals surface area contributed by atoms with Crippen molar-refractivity contribution < 1.29 is 4.42 Å². The van der Waals surface area contributed by atoms with Crippen molar-refractivity contribution in [3.8, 4) is 23.5 Å². The molecule has 44 heavy (non-hydrogen) atoms. The molecular weight excluding hydrogens is 540 g/mol.